The summed E-state index contributed by atoms with van der Waals surface area (Å²) in [6, 6.07) is 9.00. The molecule has 0 saturated heterocycles. The molecule has 5 heteroatoms. The van der Waals surface area contributed by atoms with Gasteiger partial charge in [0.25, 0.3) is 5.91 Å². The fourth-order valence-corrected chi connectivity index (χ4v) is 1.75. The Labute approximate surface area is 115 Å². The molecular formula is C14H12ClNO3. The Kier molecular flexibility index (Phi) is 3.62. The van der Waals surface area contributed by atoms with Crippen LogP contribution in [0, 0.1) is 6.92 Å². The van der Waals surface area contributed by atoms with Gasteiger partial charge in [-0.1, -0.05) is 17.7 Å². The van der Waals surface area contributed by atoms with Gasteiger partial charge in [-0.25, -0.2) is 0 Å². The molecule has 0 aliphatic rings. The second kappa shape index (κ2) is 5.20. The Hall–Kier alpha value is -2.20. The first-order valence-electron chi connectivity index (χ1n) is 5.57. The topological polar surface area (TPSA) is 69.6 Å². The van der Waals surface area contributed by atoms with E-state index in [1.807, 2.05) is 0 Å². The van der Waals surface area contributed by atoms with Gasteiger partial charge in [-0.05, 0) is 36.8 Å². The van der Waals surface area contributed by atoms with Crippen LogP contribution in [0.4, 0.5) is 5.69 Å². The van der Waals surface area contributed by atoms with Crippen LogP contribution in [0.2, 0.25) is 5.02 Å². The Balaban J connectivity index is 2.25. The monoisotopic (exact) mass is 277 g/mol. The molecule has 98 valence electrons. The summed E-state index contributed by atoms with van der Waals surface area (Å²) in [4.78, 5) is 12.0. The van der Waals surface area contributed by atoms with Gasteiger partial charge < -0.3 is 15.5 Å². The van der Waals surface area contributed by atoms with Crippen LogP contribution in [0.15, 0.2) is 36.4 Å². The number of anilines is 1. The zero-order valence-electron chi connectivity index (χ0n) is 10.1. The third kappa shape index (κ3) is 2.98. The molecule has 0 aromatic heterocycles. The van der Waals surface area contributed by atoms with Crippen molar-refractivity contribution in [2.45, 2.75) is 6.92 Å². The van der Waals surface area contributed by atoms with Crippen molar-refractivity contribution in [1.29, 1.82) is 0 Å². The number of rotatable bonds is 2. The number of phenolic OH excluding ortho intramolecular Hbond substituents is 2. The average molecular weight is 278 g/mol. The molecule has 0 aliphatic heterocycles. The van der Waals surface area contributed by atoms with Crippen LogP contribution in [0.1, 0.15) is 15.9 Å². The summed E-state index contributed by atoms with van der Waals surface area (Å²) in [5, 5.41) is 22.1. The molecule has 0 bridgehead atoms. The van der Waals surface area contributed by atoms with Gasteiger partial charge in [-0.3, -0.25) is 4.79 Å². The maximum atomic E-state index is 12.0. The first kappa shape index (κ1) is 13.2. The van der Waals surface area contributed by atoms with E-state index < -0.39 is 5.91 Å². The average Bonchev–Trinajstić information content (AvgIpc) is 2.36. The fourth-order valence-electron chi connectivity index (χ4n) is 1.58. The van der Waals surface area contributed by atoms with E-state index in [1.54, 1.807) is 19.1 Å². The molecular weight excluding hydrogens is 266 g/mol. The zero-order chi connectivity index (χ0) is 14.0. The minimum atomic E-state index is -0.497. The summed E-state index contributed by atoms with van der Waals surface area (Å²) in [6.45, 7) is 1.75. The van der Waals surface area contributed by atoms with Gasteiger partial charge in [0.05, 0.1) is 5.56 Å². The Morgan fingerprint density at radius 1 is 1.11 bits per heavy atom. The first-order valence-corrected chi connectivity index (χ1v) is 5.94. The molecule has 0 aliphatic carbocycles. The van der Waals surface area contributed by atoms with Gasteiger partial charge in [0, 0.05) is 16.8 Å². The van der Waals surface area contributed by atoms with Crippen molar-refractivity contribution in [3.05, 3.63) is 52.5 Å². The summed E-state index contributed by atoms with van der Waals surface area (Å²) in [7, 11) is 0. The van der Waals surface area contributed by atoms with Crippen molar-refractivity contribution in [3.63, 3.8) is 0 Å². The Morgan fingerprint density at radius 3 is 2.53 bits per heavy atom. The summed E-state index contributed by atoms with van der Waals surface area (Å²) in [5.74, 6) is -0.561. The highest BCUT2D eigenvalue weighted by atomic mass is 35.5. The van der Waals surface area contributed by atoms with Crippen molar-refractivity contribution < 1.29 is 15.0 Å². The molecule has 0 saturated carbocycles. The molecule has 0 radical (unpaired) electrons. The molecule has 0 fully saturated rings. The van der Waals surface area contributed by atoms with Crippen LogP contribution < -0.4 is 5.32 Å². The van der Waals surface area contributed by atoms with Gasteiger partial charge in [0.2, 0.25) is 0 Å². The molecule has 1 amide bonds. The van der Waals surface area contributed by atoms with E-state index in [4.69, 9.17) is 11.6 Å². The largest absolute Gasteiger partial charge is 0.508 e. The van der Waals surface area contributed by atoms with E-state index in [9.17, 15) is 15.0 Å². The van der Waals surface area contributed by atoms with E-state index in [0.717, 1.165) is 0 Å². The van der Waals surface area contributed by atoms with Crippen molar-refractivity contribution >= 4 is 23.2 Å². The fraction of sp³-hybridized carbons (Fsp3) is 0.0714. The summed E-state index contributed by atoms with van der Waals surface area (Å²) in [5.41, 5.74) is 1.23. The molecule has 3 N–H and O–H groups in total. The van der Waals surface area contributed by atoms with Gasteiger partial charge in [0.15, 0.2) is 0 Å². The van der Waals surface area contributed by atoms with Crippen molar-refractivity contribution in [1.82, 2.24) is 0 Å². The molecule has 4 nitrogen and oxygen atoms in total. The first-order chi connectivity index (χ1) is 8.97. The van der Waals surface area contributed by atoms with Crippen molar-refractivity contribution in [2.75, 3.05) is 5.32 Å². The number of aryl methyl sites for hydroxylation is 1. The zero-order valence-corrected chi connectivity index (χ0v) is 10.9. The van der Waals surface area contributed by atoms with E-state index >= 15 is 0 Å². The smallest absolute Gasteiger partial charge is 0.259 e. The molecule has 2 rings (SSSR count). The predicted octanol–water partition coefficient (Wildman–Crippen LogP) is 3.31. The molecule has 2 aromatic carbocycles. The summed E-state index contributed by atoms with van der Waals surface area (Å²) >= 11 is 5.78. The highest BCUT2D eigenvalue weighted by Gasteiger charge is 2.12. The molecule has 0 spiro atoms. The SMILES string of the molecule is Cc1ccc(NC(=O)c2cc(Cl)ccc2O)cc1O. The number of nitrogens with one attached hydrogen (secondary N) is 1. The molecule has 19 heavy (non-hydrogen) atoms. The van der Waals surface area contributed by atoms with Crippen molar-refractivity contribution in [2.24, 2.45) is 0 Å². The predicted molar refractivity (Wildman–Crippen MR) is 73.9 cm³/mol. The van der Waals surface area contributed by atoms with Crippen LogP contribution in [0.3, 0.4) is 0 Å². The van der Waals surface area contributed by atoms with Crippen LogP contribution >= 0.6 is 11.6 Å². The van der Waals surface area contributed by atoms with Crippen molar-refractivity contribution in [3.8, 4) is 11.5 Å². The van der Waals surface area contributed by atoms with Gasteiger partial charge in [0.1, 0.15) is 11.5 Å². The van der Waals surface area contributed by atoms with Gasteiger partial charge in [-0.2, -0.15) is 0 Å². The maximum Gasteiger partial charge on any atom is 0.259 e. The molecule has 2 aromatic rings. The summed E-state index contributed by atoms with van der Waals surface area (Å²) < 4.78 is 0. The molecule has 0 heterocycles. The van der Waals surface area contributed by atoms with E-state index in [-0.39, 0.29) is 17.1 Å². The third-order valence-corrected chi connectivity index (χ3v) is 2.91. The Morgan fingerprint density at radius 2 is 1.84 bits per heavy atom. The normalized spacial score (nSPS) is 10.2. The minimum absolute atomic E-state index is 0.0764. The highest BCUT2D eigenvalue weighted by Crippen LogP contribution is 2.24. The minimum Gasteiger partial charge on any atom is -0.508 e. The number of halogens is 1. The third-order valence-electron chi connectivity index (χ3n) is 2.67. The second-order valence-corrected chi connectivity index (χ2v) is 4.55. The number of carbonyl (C=O) groups is 1. The van der Waals surface area contributed by atoms with Crippen LogP contribution in [0.5, 0.6) is 11.5 Å². The lowest BCUT2D eigenvalue weighted by Crippen LogP contribution is -2.12. The van der Waals surface area contributed by atoms with E-state index in [0.29, 0.717) is 16.3 Å². The number of amides is 1. The number of benzene rings is 2. The van der Waals surface area contributed by atoms with Gasteiger partial charge in [-0.15, -0.1) is 0 Å². The van der Waals surface area contributed by atoms with E-state index in [1.165, 1.54) is 24.3 Å². The second-order valence-electron chi connectivity index (χ2n) is 4.12. The number of hydrogen-bond acceptors (Lipinski definition) is 3. The standard InChI is InChI=1S/C14H12ClNO3/c1-8-2-4-10(7-13(8)18)16-14(19)11-6-9(15)3-5-12(11)17/h2-7,17-18H,1H3,(H,16,19). The molecule has 0 atom stereocenters. The number of hydrogen-bond donors (Lipinski definition) is 3. The van der Waals surface area contributed by atoms with E-state index in [2.05, 4.69) is 5.32 Å². The highest BCUT2D eigenvalue weighted by molar-refractivity contribution is 6.31. The van der Waals surface area contributed by atoms with Crippen LogP contribution in [-0.2, 0) is 0 Å². The summed E-state index contributed by atoms with van der Waals surface area (Å²) in [6.07, 6.45) is 0. The maximum absolute atomic E-state index is 12.0. The lowest BCUT2D eigenvalue weighted by atomic mass is 10.1. The number of aromatic hydroxyl groups is 2. The van der Waals surface area contributed by atoms with Crippen LogP contribution in [0.25, 0.3) is 0 Å². The van der Waals surface area contributed by atoms with Gasteiger partial charge >= 0.3 is 0 Å². The molecule has 0 unspecified atom stereocenters. The number of carbonyl (C=O) groups excluding carboxylic acids is 1. The number of phenols is 2. The quantitative estimate of drug-likeness (QED) is 0.789. The van der Waals surface area contributed by atoms with Crippen LogP contribution in [-0.4, -0.2) is 16.1 Å². The lowest BCUT2D eigenvalue weighted by Gasteiger charge is -2.08. The Bertz CT molecular complexity index is 641. The lowest BCUT2D eigenvalue weighted by molar-refractivity contribution is 0.102.